The summed E-state index contributed by atoms with van der Waals surface area (Å²) in [5, 5.41) is 0. The minimum Gasteiger partial charge on any atom is -0.475 e. The van der Waals surface area contributed by atoms with Crippen LogP contribution in [0.2, 0.25) is 0 Å². The van der Waals surface area contributed by atoms with E-state index in [9.17, 15) is 24.0 Å². The lowest BCUT2D eigenvalue weighted by Crippen LogP contribution is -2.55. The number of rotatable bonds is 50. The normalized spacial score (nSPS) is 15.0. The molecule has 0 saturated carbocycles. The van der Waals surface area contributed by atoms with Gasteiger partial charge in [0.2, 0.25) is 6.23 Å². The van der Waals surface area contributed by atoms with Crippen molar-refractivity contribution in [3.8, 4) is 5.88 Å². The molecule has 15 heteroatoms. The van der Waals surface area contributed by atoms with Crippen LogP contribution in [0.4, 0.5) is 0 Å². The molecule has 2 rings (SSSR count). The van der Waals surface area contributed by atoms with Crippen molar-refractivity contribution in [1.82, 2.24) is 8.75 Å². The van der Waals surface area contributed by atoms with Crippen molar-refractivity contribution in [3.63, 3.8) is 0 Å². The predicted octanol–water partition coefficient (Wildman–Crippen LogP) is 15.7. The molecule has 1 aliphatic heterocycles. The number of hydrogen-bond donors (Lipinski definition) is 0. The molecule has 2 atom stereocenters. The average molecular weight is 1110 g/mol. The van der Waals surface area contributed by atoms with Crippen LogP contribution < -0.4 is 4.74 Å². The largest absolute Gasteiger partial charge is 0.475 e. The van der Waals surface area contributed by atoms with E-state index < -0.39 is 35.7 Å². The van der Waals surface area contributed by atoms with Crippen molar-refractivity contribution in [3.05, 3.63) is 11.8 Å². The molecule has 14 nitrogen and oxygen atoms in total. The summed E-state index contributed by atoms with van der Waals surface area (Å²) in [7, 11) is 2.07. The van der Waals surface area contributed by atoms with Gasteiger partial charge in [0.15, 0.2) is 6.10 Å². The van der Waals surface area contributed by atoms with E-state index >= 15 is 0 Å². The lowest BCUT2D eigenvalue weighted by molar-refractivity contribution is -0.944. The Bertz CT molecular complexity index is 1710. The highest BCUT2D eigenvalue weighted by Crippen LogP contribution is 2.33. The van der Waals surface area contributed by atoms with E-state index in [2.05, 4.69) is 42.6 Å². The Hall–Kier alpha value is -3.59. The van der Waals surface area contributed by atoms with Crippen molar-refractivity contribution >= 4 is 47.1 Å². The van der Waals surface area contributed by atoms with Crippen LogP contribution in [0.25, 0.3) is 5.57 Å². The third-order valence-electron chi connectivity index (χ3n) is 14.9. The van der Waals surface area contributed by atoms with Crippen LogP contribution in [0.3, 0.4) is 0 Å². The van der Waals surface area contributed by atoms with Crippen molar-refractivity contribution in [2.75, 3.05) is 46.6 Å². The zero-order chi connectivity index (χ0) is 56.3. The highest BCUT2D eigenvalue weighted by Gasteiger charge is 2.38. The Kier molecular flexibility index (Phi) is 39.9. The molecule has 0 amide bonds. The van der Waals surface area contributed by atoms with Gasteiger partial charge in [-0.15, -0.1) is 4.37 Å². The topological polar surface area (TPSA) is 167 Å². The maximum absolute atomic E-state index is 13.3. The van der Waals surface area contributed by atoms with Crippen LogP contribution in [-0.2, 0) is 47.7 Å². The molecule has 0 N–H and O–H groups in total. The number of nitrogens with zero attached hydrogens (tertiary/aromatic N) is 3. The number of quaternary nitrogens is 1. The minimum atomic E-state index is -0.954. The number of carbonyl (C=O) groups excluding carboxylic acids is 5. The molecule has 77 heavy (non-hydrogen) atoms. The standard InChI is InChI=1S/C62H110N3O11S/c1-8-11-14-17-19-21-23-25-27-29-31-33-35-41-55(66)73-50-54(51-74-56(67)42-36-34-32-30-28-26-24-22-20-18-15-12-9-2)76-57(68)43-39-46-71-58(69)47-62(5,6)48-59(70)75-52(4)65(7)44-38-40-53(49-65)60-61(64-77-63-60)72-45-37-16-13-10-3/h40,52,54H,8-39,41-51H2,1-7H3/q+1/t52-,65?/m0/s1. The Morgan fingerprint density at radius 2 is 0.974 bits per heavy atom. The van der Waals surface area contributed by atoms with E-state index in [1.54, 1.807) is 0 Å². The molecule has 0 bridgehead atoms. The molecule has 0 saturated heterocycles. The van der Waals surface area contributed by atoms with E-state index in [-0.39, 0.29) is 70.3 Å². The summed E-state index contributed by atoms with van der Waals surface area (Å²) in [6, 6.07) is 0. The highest BCUT2D eigenvalue weighted by molar-refractivity contribution is 6.99. The zero-order valence-corrected chi connectivity index (χ0v) is 50.7. The summed E-state index contributed by atoms with van der Waals surface area (Å²) in [5.74, 6) is -1.64. The maximum Gasteiger partial charge on any atom is 0.310 e. The van der Waals surface area contributed by atoms with Gasteiger partial charge in [-0.05, 0) is 31.1 Å². The highest BCUT2D eigenvalue weighted by atomic mass is 32.1. The molecular weight excluding hydrogens is 995 g/mol. The first-order valence-electron chi connectivity index (χ1n) is 31.1. The Balaban J connectivity index is 1.76. The Labute approximate surface area is 471 Å². The molecule has 0 fully saturated rings. The first-order valence-corrected chi connectivity index (χ1v) is 31.8. The van der Waals surface area contributed by atoms with E-state index in [1.165, 1.54) is 135 Å². The van der Waals surface area contributed by atoms with E-state index in [0.717, 1.165) is 93.7 Å². The molecule has 1 aromatic heterocycles. The lowest BCUT2D eigenvalue weighted by atomic mass is 9.86. The number of likely N-dealkylation sites (N-methyl/N-ethyl adjacent to an activating group) is 1. The fourth-order valence-electron chi connectivity index (χ4n) is 9.83. The van der Waals surface area contributed by atoms with Gasteiger partial charge in [0, 0.05) is 38.2 Å². The number of hydrogen-bond acceptors (Lipinski definition) is 14. The number of carbonyl (C=O) groups is 5. The third-order valence-corrected chi connectivity index (χ3v) is 15.4. The van der Waals surface area contributed by atoms with Crippen molar-refractivity contribution in [1.29, 1.82) is 0 Å². The molecule has 1 aromatic rings. The van der Waals surface area contributed by atoms with Gasteiger partial charge in [0.25, 0.3) is 5.88 Å². The molecule has 2 heterocycles. The molecule has 444 valence electrons. The lowest BCUT2D eigenvalue weighted by Gasteiger charge is -2.41. The van der Waals surface area contributed by atoms with Gasteiger partial charge in [0.05, 0.1) is 51.4 Å². The number of ether oxygens (including phenoxy) is 6. The molecule has 0 spiro atoms. The second-order valence-corrected chi connectivity index (χ2v) is 23.6. The van der Waals surface area contributed by atoms with E-state index in [4.69, 9.17) is 28.4 Å². The average Bonchev–Trinajstić information content (AvgIpc) is 3.87. The molecule has 0 aromatic carbocycles. The quantitative estimate of drug-likeness (QED) is 0.0262. The van der Waals surface area contributed by atoms with Gasteiger partial charge in [0.1, 0.15) is 25.5 Å². The van der Waals surface area contributed by atoms with E-state index in [1.807, 2.05) is 20.8 Å². The SMILES string of the molecule is CCCCCCCCCCCCCCCC(=O)OCC(COC(=O)CCCCCCCCCCCCCCC)OC(=O)CCCOC(=O)CC(C)(C)CC(=O)O[C@@H](C)[N+]1(C)CCC=C(c2nsnc2OCCCCCC)C1. The smallest absolute Gasteiger partial charge is 0.310 e. The Morgan fingerprint density at radius 3 is 1.47 bits per heavy atom. The monoisotopic (exact) mass is 1100 g/mol. The van der Waals surface area contributed by atoms with Gasteiger partial charge < -0.3 is 28.4 Å². The van der Waals surface area contributed by atoms with Crippen LogP contribution in [0.1, 0.15) is 285 Å². The fourth-order valence-corrected chi connectivity index (χ4v) is 10.4. The number of aromatic nitrogens is 2. The summed E-state index contributed by atoms with van der Waals surface area (Å²) in [4.78, 5) is 64.8. The van der Waals surface area contributed by atoms with Gasteiger partial charge in [-0.3, -0.25) is 28.5 Å². The first kappa shape index (κ1) is 69.5. The van der Waals surface area contributed by atoms with Crippen molar-refractivity contribution in [2.45, 2.75) is 291 Å². The van der Waals surface area contributed by atoms with Crippen LogP contribution in [0.15, 0.2) is 6.08 Å². The van der Waals surface area contributed by atoms with Gasteiger partial charge in [-0.2, -0.15) is 4.37 Å². The van der Waals surface area contributed by atoms with Crippen LogP contribution in [-0.4, -0.2) is 102 Å². The summed E-state index contributed by atoms with van der Waals surface area (Å²) in [6.45, 7) is 13.8. The summed E-state index contributed by atoms with van der Waals surface area (Å²) in [6.07, 6.45) is 38.2. The first-order chi connectivity index (χ1) is 37.2. The summed E-state index contributed by atoms with van der Waals surface area (Å²) >= 11 is 1.14. The Morgan fingerprint density at radius 1 is 0.532 bits per heavy atom. The second kappa shape index (κ2) is 44.2. The molecule has 1 unspecified atom stereocenters. The van der Waals surface area contributed by atoms with Gasteiger partial charge in [-0.1, -0.05) is 214 Å². The van der Waals surface area contributed by atoms with Gasteiger partial charge in [-0.25, -0.2) is 0 Å². The van der Waals surface area contributed by atoms with Crippen molar-refractivity contribution < 1.29 is 56.9 Å². The molecule has 1 aliphatic rings. The fraction of sp³-hybridized carbons (Fsp3) is 0.855. The zero-order valence-electron chi connectivity index (χ0n) is 49.9. The third kappa shape index (κ3) is 35.6. The summed E-state index contributed by atoms with van der Waals surface area (Å²) in [5.41, 5.74) is 1.05. The van der Waals surface area contributed by atoms with Crippen LogP contribution >= 0.6 is 11.7 Å². The molecule has 0 radical (unpaired) electrons. The molecular formula is C62H110N3O11S+. The van der Waals surface area contributed by atoms with Crippen LogP contribution in [0.5, 0.6) is 5.88 Å². The predicted molar refractivity (Wildman–Crippen MR) is 309 cm³/mol. The molecule has 0 aliphatic carbocycles. The van der Waals surface area contributed by atoms with Gasteiger partial charge >= 0.3 is 29.8 Å². The van der Waals surface area contributed by atoms with Crippen LogP contribution in [0, 0.1) is 5.41 Å². The maximum atomic E-state index is 13.3. The number of unbranched alkanes of at least 4 members (excludes halogenated alkanes) is 27. The minimum absolute atomic E-state index is 0.0167. The summed E-state index contributed by atoms with van der Waals surface area (Å²) < 4.78 is 43.7. The second-order valence-electron chi connectivity index (χ2n) is 23.1. The number of esters is 5. The van der Waals surface area contributed by atoms with E-state index in [0.29, 0.717) is 23.5 Å². The van der Waals surface area contributed by atoms with Crippen molar-refractivity contribution in [2.24, 2.45) is 5.41 Å².